The normalized spacial score (nSPS) is 17.7. The zero-order valence-corrected chi connectivity index (χ0v) is 18.4. The van der Waals surface area contributed by atoms with Crippen LogP contribution in [0.2, 0.25) is 0 Å². The standard InChI is InChI=1S/C23H20F2N8O/c1-12-5-14(8-26)31-33(12)23-15(13(2)34)3-4-22(30-23)32-11-28-19-7-18(16(24)6-21(19)32)29-20-10-27-9-17(20)25/h3-7,11,17,20,27,29H,9-10H2,1-2H3/t17-,20+/m1/s1. The first-order valence-corrected chi connectivity index (χ1v) is 10.6. The Morgan fingerprint density at radius 1 is 1.29 bits per heavy atom. The molecule has 9 nitrogen and oxygen atoms in total. The van der Waals surface area contributed by atoms with Gasteiger partial charge in [0.25, 0.3) is 0 Å². The highest BCUT2D eigenvalue weighted by Crippen LogP contribution is 2.27. The van der Waals surface area contributed by atoms with Gasteiger partial charge in [-0.1, -0.05) is 0 Å². The molecular weight excluding hydrogens is 442 g/mol. The van der Waals surface area contributed by atoms with Crippen molar-refractivity contribution >= 4 is 22.5 Å². The first-order chi connectivity index (χ1) is 16.4. The molecule has 11 heteroatoms. The molecule has 1 aliphatic heterocycles. The van der Waals surface area contributed by atoms with E-state index in [0.29, 0.717) is 34.7 Å². The molecule has 0 unspecified atom stereocenters. The molecule has 0 aliphatic carbocycles. The van der Waals surface area contributed by atoms with Gasteiger partial charge in [-0.3, -0.25) is 9.36 Å². The number of hydrogen-bond acceptors (Lipinski definition) is 7. The average Bonchev–Trinajstić information content (AvgIpc) is 3.52. The highest BCUT2D eigenvalue weighted by Gasteiger charge is 2.27. The SMILES string of the molecule is CC(=O)c1ccc(-n2cnc3cc(N[C@H]4CNC[C@H]4F)c(F)cc32)nc1-n1nc(C#N)cc1C. The minimum Gasteiger partial charge on any atom is -0.376 e. The summed E-state index contributed by atoms with van der Waals surface area (Å²) in [5.74, 6) is -0.116. The van der Waals surface area contributed by atoms with E-state index >= 15 is 0 Å². The van der Waals surface area contributed by atoms with E-state index in [0.717, 1.165) is 0 Å². The molecule has 0 bridgehead atoms. The first-order valence-electron chi connectivity index (χ1n) is 10.6. The molecule has 0 amide bonds. The number of rotatable bonds is 5. The number of pyridine rings is 1. The summed E-state index contributed by atoms with van der Waals surface area (Å²) in [6.07, 6.45) is 0.390. The van der Waals surface area contributed by atoms with Gasteiger partial charge in [0, 0.05) is 24.8 Å². The molecule has 4 aromatic rings. The van der Waals surface area contributed by atoms with Gasteiger partial charge < -0.3 is 10.6 Å². The van der Waals surface area contributed by atoms with Crippen molar-refractivity contribution in [2.45, 2.75) is 26.1 Å². The number of fused-ring (bicyclic) bond motifs is 1. The number of benzene rings is 1. The lowest BCUT2D eigenvalue weighted by Gasteiger charge is -2.16. The number of carbonyl (C=O) groups is 1. The van der Waals surface area contributed by atoms with Crippen LogP contribution in [0.4, 0.5) is 14.5 Å². The summed E-state index contributed by atoms with van der Waals surface area (Å²) < 4.78 is 31.9. The Hall–Kier alpha value is -4.17. The number of anilines is 1. The Kier molecular flexibility index (Phi) is 5.30. The number of ketones is 1. The maximum Gasteiger partial charge on any atom is 0.166 e. The molecule has 4 heterocycles. The summed E-state index contributed by atoms with van der Waals surface area (Å²) in [5, 5.41) is 19.2. The van der Waals surface area contributed by atoms with E-state index < -0.39 is 18.0 Å². The molecule has 1 fully saturated rings. The molecule has 1 aliphatic rings. The zero-order chi connectivity index (χ0) is 24.0. The predicted octanol–water partition coefficient (Wildman–Crippen LogP) is 2.85. The summed E-state index contributed by atoms with van der Waals surface area (Å²) in [4.78, 5) is 21.2. The minimum atomic E-state index is -1.11. The van der Waals surface area contributed by atoms with Crippen molar-refractivity contribution in [3.63, 3.8) is 0 Å². The van der Waals surface area contributed by atoms with Crippen LogP contribution in [0.25, 0.3) is 22.7 Å². The van der Waals surface area contributed by atoms with Gasteiger partial charge >= 0.3 is 0 Å². The lowest BCUT2D eigenvalue weighted by molar-refractivity contribution is 0.101. The van der Waals surface area contributed by atoms with Crippen molar-refractivity contribution in [2.24, 2.45) is 0 Å². The van der Waals surface area contributed by atoms with E-state index in [1.54, 1.807) is 29.7 Å². The van der Waals surface area contributed by atoms with Gasteiger partial charge in [-0.25, -0.2) is 23.4 Å². The van der Waals surface area contributed by atoms with Gasteiger partial charge in [-0.2, -0.15) is 10.4 Å². The van der Waals surface area contributed by atoms with Gasteiger partial charge in [-0.05, 0) is 38.1 Å². The number of carbonyl (C=O) groups excluding carboxylic acids is 1. The molecule has 2 N–H and O–H groups in total. The number of halogens is 2. The Morgan fingerprint density at radius 3 is 2.79 bits per heavy atom. The largest absolute Gasteiger partial charge is 0.376 e. The number of nitrogens with zero attached hydrogens (tertiary/aromatic N) is 6. The van der Waals surface area contributed by atoms with Crippen LogP contribution in [0.5, 0.6) is 0 Å². The van der Waals surface area contributed by atoms with Gasteiger partial charge in [-0.15, -0.1) is 0 Å². The van der Waals surface area contributed by atoms with Crippen LogP contribution in [0, 0.1) is 24.1 Å². The van der Waals surface area contributed by atoms with Crippen LogP contribution in [0.3, 0.4) is 0 Å². The molecule has 0 spiro atoms. The van der Waals surface area contributed by atoms with E-state index in [9.17, 15) is 18.8 Å². The fourth-order valence-electron chi connectivity index (χ4n) is 4.06. The van der Waals surface area contributed by atoms with Crippen molar-refractivity contribution < 1.29 is 13.6 Å². The molecule has 3 aromatic heterocycles. The summed E-state index contributed by atoms with van der Waals surface area (Å²) in [6.45, 7) is 3.81. The monoisotopic (exact) mass is 462 g/mol. The lowest BCUT2D eigenvalue weighted by atomic mass is 10.2. The highest BCUT2D eigenvalue weighted by molar-refractivity contribution is 5.97. The third-order valence-electron chi connectivity index (χ3n) is 5.81. The number of aryl methyl sites for hydroxylation is 1. The number of nitriles is 1. The second-order valence-electron chi connectivity index (χ2n) is 8.15. The molecule has 0 saturated carbocycles. The Labute approximate surface area is 193 Å². The third-order valence-corrected chi connectivity index (χ3v) is 5.81. The average molecular weight is 462 g/mol. The van der Waals surface area contributed by atoms with Gasteiger partial charge in [0.15, 0.2) is 17.3 Å². The zero-order valence-electron chi connectivity index (χ0n) is 18.4. The molecule has 34 heavy (non-hydrogen) atoms. The van der Waals surface area contributed by atoms with Crippen molar-refractivity contribution in [2.75, 3.05) is 18.4 Å². The van der Waals surface area contributed by atoms with Gasteiger partial charge in [0.05, 0.1) is 28.3 Å². The molecular formula is C23H20F2N8O. The number of imidazole rings is 1. The smallest absolute Gasteiger partial charge is 0.166 e. The lowest BCUT2D eigenvalue weighted by Crippen LogP contribution is -2.29. The van der Waals surface area contributed by atoms with Crippen molar-refractivity contribution in [1.82, 2.24) is 29.6 Å². The first kappa shape index (κ1) is 21.7. The number of hydrogen-bond donors (Lipinski definition) is 2. The molecule has 1 aromatic carbocycles. The van der Waals surface area contributed by atoms with Crippen LogP contribution in [0.15, 0.2) is 36.7 Å². The second-order valence-corrected chi connectivity index (χ2v) is 8.15. The fourth-order valence-corrected chi connectivity index (χ4v) is 4.06. The topological polar surface area (TPSA) is 113 Å². The molecule has 2 atom stereocenters. The van der Waals surface area contributed by atoms with Crippen molar-refractivity contribution in [1.29, 1.82) is 5.26 Å². The maximum absolute atomic E-state index is 14.9. The minimum absolute atomic E-state index is 0.172. The maximum atomic E-state index is 14.9. The Balaban J connectivity index is 1.58. The number of alkyl halides is 1. The van der Waals surface area contributed by atoms with E-state index in [2.05, 4.69) is 25.7 Å². The van der Waals surface area contributed by atoms with E-state index in [1.165, 1.54) is 30.1 Å². The van der Waals surface area contributed by atoms with Crippen LogP contribution in [0.1, 0.15) is 28.7 Å². The van der Waals surface area contributed by atoms with E-state index in [-0.39, 0.29) is 29.5 Å². The Bertz CT molecular complexity index is 1470. The van der Waals surface area contributed by atoms with Crippen molar-refractivity contribution in [3.05, 3.63) is 59.4 Å². The number of aromatic nitrogens is 5. The van der Waals surface area contributed by atoms with E-state index in [4.69, 9.17) is 0 Å². The van der Waals surface area contributed by atoms with Gasteiger partial charge in [0.2, 0.25) is 0 Å². The quantitative estimate of drug-likeness (QED) is 0.439. The summed E-state index contributed by atoms with van der Waals surface area (Å²) in [7, 11) is 0. The van der Waals surface area contributed by atoms with Crippen LogP contribution in [-0.2, 0) is 0 Å². The summed E-state index contributed by atoms with van der Waals surface area (Å²) in [5.41, 5.74) is 2.27. The number of nitrogens with one attached hydrogen (secondary N) is 2. The van der Waals surface area contributed by atoms with Crippen LogP contribution >= 0.6 is 0 Å². The molecule has 5 rings (SSSR count). The fraction of sp³-hybridized carbons (Fsp3) is 0.261. The van der Waals surface area contributed by atoms with E-state index in [1.807, 2.05) is 6.07 Å². The van der Waals surface area contributed by atoms with Crippen LogP contribution in [-0.4, -0.2) is 55.4 Å². The van der Waals surface area contributed by atoms with Gasteiger partial charge in [0.1, 0.15) is 30.2 Å². The molecule has 172 valence electrons. The number of Topliss-reactive ketones (excluding diaryl/α,β-unsaturated/α-hetero) is 1. The highest BCUT2D eigenvalue weighted by atomic mass is 19.1. The second kappa shape index (κ2) is 8.31. The Morgan fingerprint density at radius 2 is 2.12 bits per heavy atom. The predicted molar refractivity (Wildman–Crippen MR) is 121 cm³/mol. The summed E-state index contributed by atoms with van der Waals surface area (Å²) >= 11 is 0. The van der Waals surface area contributed by atoms with Crippen molar-refractivity contribution in [3.8, 4) is 17.7 Å². The third kappa shape index (κ3) is 3.68. The van der Waals surface area contributed by atoms with Crippen LogP contribution < -0.4 is 10.6 Å². The molecule has 1 saturated heterocycles. The summed E-state index contributed by atoms with van der Waals surface area (Å²) in [6, 6.07) is 9.14. The molecule has 0 radical (unpaired) electrons.